The van der Waals surface area contributed by atoms with E-state index in [0.29, 0.717) is 50.1 Å². The summed E-state index contributed by atoms with van der Waals surface area (Å²) < 4.78 is 28.7. The van der Waals surface area contributed by atoms with Crippen LogP contribution in [0.1, 0.15) is 52.2 Å². The van der Waals surface area contributed by atoms with E-state index in [1.165, 1.54) is 33.2 Å². The fourth-order valence-corrected chi connectivity index (χ4v) is 6.92. The molecule has 2 aromatic heterocycles. The molecule has 0 bridgehead atoms. The fraction of sp³-hybridized carbons (Fsp3) is 0.357. The predicted molar refractivity (Wildman–Crippen MR) is 159 cm³/mol. The molecule has 1 spiro atoms. The van der Waals surface area contributed by atoms with Gasteiger partial charge in [-0.3, -0.25) is 39.9 Å². The van der Waals surface area contributed by atoms with Crippen LogP contribution in [0.2, 0.25) is 0 Å². The van der Waals surface area contributed by atoms with Crippen LogP contribution in [-0.4, -0.2) is 61.3 Å². The van der Waals surface area contributed by atoms with Crippen molar-refractivity contribution in [2.75, 3.05) is 19.1 Å². The largest absolute Gasteiger partial charge is 0.502 e. The van der Waals surface area contributed by atoms with Crippen LogP contribution >= 0.6 is 23.1 Å². The number of hydrogen-bond donors (Lipinski definition) is 4. The molecule has 2 aliphatic rings. The lowest BCUT2D eigenvalue weighted by atomic mass is 9.79. The van der Waals surface area contributed by atoms with Crippen molar-refractivity contribution in [1.82, 2.24) is 19.9 Å². The first kappa shape index (κ1) is 30.4. The zero-order chi connectivity index (χ0) is 31.1. The number of nitrogens with one attached hydrogen (secondary N) is 3. The van der Waals surface area contributed by atoms with Crippen LogP contribution in [0.3, 0.4) is 0 Å². The van der Waals surface area contributed by atoms with Gasteiger partial charge in [-0.25, -0.2) is 8.78 Å². The molecule has 0 atom stereocenters. The molecule has 1 aliphatic carbocycles. The van der Waals surface area contributed by atoms with E-state index in [1.54, 1.807) is 30.8 Å². The van der Waals surface area contributed by atoms with Crippen molar-refractivity contribution >= 4 is 45.0 Å². The molecule has 1 fully saturated rings. The first-order valence-corrected chi connectivity index (χ1v) is 15.1. The molecule has 15 heteroatoms. The van der Waals surface area contributed by atoms with Gasteiger partial charge in [0.1, 0.15) is 22.3 Å². The number of benzene rings is 1. The molecule has 5 rings (SSSR count). The number of thioether (sulfide) groups is 1. The van der Waals surface area contributed by atoms with Gasteiger partial charge >= 0.3 is 0 Å². The Morgan fingerprint density at radius 1 is 1.23 bits per heavy atom. The fourth-order valence-electron chi connectivity index (χ4n) is 5.65. The minimum Gasteiger partial charge on any atom is -0.502 e. The van der Waals surface area contributed by atoms with Crippen molar-refractivity contribution < 1.29 is 23.5 Å². The van der Waals surface area contributed by atoms with Crippen LogP contribution in [0.25, 0.3) is 0 Å². The van der Waals surface area contributed by atoms with E-state index < -0.39 is 34.4 Å². The average Bonchev–Trinajstić information content (AvgIpc) is 3.50. The summed E-state index contributed by atoms with van der Waals surface area (Å²) in [5.41, 5.74) is -0.553. The number of aromatic hydroxyl groups is 1. The van der Waals surface area contributed by atoms with Gasteiger partial charge in [0.15, 0.2) is 11.4 Å². The third-order valence-electron chi connectivity index (χ3n) is 8.14. The maximum absolute atomic E-state index is 14.1. The van der Waals surface area contributed by atoms with Crippen LogP contribution in [0.5, 0.6) is 5.75 Å². The highest BCUT2D eigenvalue weighted by Gasteiger charge is 2.50. The summed E-state index contributed by atoms with van der Waals surface area (Å²) >= 11 is 2.05. The summed E-state index contributed by atoms with van der Waals surface area (Å²) in [5.74, 6) is -3.31. The van der Waals surface area contributed by atoms with Crippen LogP contribution in [0, 0.1) is 28.4 Å². The molecule has 4 N–H and O–H groups in total. The highest BCUT2D eigenvalue weighted by molar-refractivity contribution is 8.26. The van der Waals surface area contributed by atoms with Gasteiger partial charge in [-0.2, -0.15) is 0 Å². The van der Waals surface area contributed by atoms with Gasteiger partial charge in [0.25, 0.3) is 5.91 Å². The third-order valence-corrected chi connectivity index (χ3v) is 9.73. The monoisotopic (exact) mass is 629 g/mol. The van der Waals surface area contributed by atoms with E-state index in [2.05, 4.69) is 10.3 Å². The van der Waals surface area contributed by atoms with Gasteiger partial charge in [-0.1, -0.05) is 17.8 Å². The Balaban J connectivity index is 1.35. The lowest BCUT2D eigenvalue weighted by Gasteiger charge is -2.55. The standard InChI is InChI=1S/C28H29F2N7O4S2/c1-35-27(41)22-24(39)23(38)19(25(32)43-21(31)9-16-3-4-17(29)10-20(16)30)13-37(22)36(2)28(35)7-5-15(6-8-28)26(40)34-12-18-11-33-14-42-18/h3-4,10-11,13-15,31-32,39H,5-9,12H2,1-2H3,(H,34,40). The number of carbonyl (C=O) groups excluding carboxylic acids is 2. The zero-order valence-electron chi connectivity index (χ0n) is 23.3. The SMILES string of the molecule is CN1C(=O)c2c(O)c(=O)c(C(=N)SC(=N)Cc3ccc(F)cc3F)cn2N(C)C12CCC(C(=O)NCc1cncs1)CC2. The summed E-state index contributed by atoms with van der Waals surface area (Å²) in [7, 11) is 3.30. The van der Waals surface area contributed by atoms with Crippen LogP contribution in [0.4, 0.5) is 8.78 Å². The number of halogens is 2. The van der Waals surface area contributed by atoms with Gasteiger partial charge in [0.05, 0.1) is 22.7 Å². The summed E-state index contributed by atoms with van der Waals surface area (Å²) in [6.07, 6.45) is 4.62. The molecule has 11 nitrogen and oxygen atoms in total. The van der Waals surface area contributed by atoms with Crippen molar-refractivity contribution in [1.29, 1.82) is 10.8 Å². The number of pyridine rings is 1. The molecule has 2 amide bonds. The molecule has 0 unspecified atom stereocenters. The molecular weight excluding hydrogens is 600 g/mol. The topological polar surface area (TPSA) is 155 Å². The van der Waals surface area contributed by atoms with Crippen molar-refractivity contribution in [2.45, 2.75) is 44.3 Å². The van der Waals surface area contributed by atoms with Gasteiger partial charge in [-0.05, 0) is 37.3 Å². The van der Waals surface area contributed by atoms with Gasteiger partial charge in [0.2, 0.25) is 11.3 Å². The molecule has 0 saturated heterocycles. The van der Waals surface area contributed by atoms with E-state index in [0.717, 1.165) is 10.9 Å². The average molecular weight is 630 g/mol. The van der Waals surface area contributed by atoms with Crippen molar-refractivity contribution in [3.05, 3.63) is 79.7 Å². The van der Waals surface area contributed by atoms with Crippen LogP contribution < -0.4 is 15.8 Å². The number of hydrogen-bond acceptors (Lipinski definition) is 10. The second kappa shape index (κ2) is 11.9. The highest BCUT2D eigenvalue weighted by atomic mass is 32.2. The summed E-state index contributed by atoms with van der Waals surface area (Å²) in [5, 5.41) is 31.7. The lowest BCUT2D eigenvalue weighted by Crippen LogP contribution is -2.69. The predicted octanol–water partition coefficient (Wildman–Crippen LogP) is 3.42. The Hall–Kier alpha value is -4.11. The summed E-state index contributed by atoms with van der Waals surface area (Å²) in [4.78, 5) is 45.9. The highest BCUT2D eigenvalue weighted by Crippen LogP contribution is 2.41. The number of thiazole rings is 1. The second-order valence-corrected chi connectivity index (χ2v) is 12.6. The molecular formula is C28H29F2N7O4S2. The van der Waals surface area contributed by atoms with E-state index in [4.69, 9.17) is 10.8 Å². The zero-order valence-corrected chi connectivity index (χ0v) is 25.0. The Morgan fingerprint density at radius 2 is 1.95 bits per heavy atom. The van der Waals surface area contributed by atoms with Crippen molar-refractivity contribution in [3.63, 3.8) is 0 Å². The lowest BCUT2D eigenvalue weighted by molar-refractivity contribution is -0.127. The number of fused-ring (bicyclic) bond motifs is 1. The molecule has 1 aliphatic heterocycles. The number of aromatic nitrogens is 2. The van der Waals surface area contributed by atoms with Gasteiger partial charge < -0.3 is 15.3 Å². The quantitative estimate of drug-likeness (QED) is 0.241. The van der Waals surface area contributed by atoms with Crippen molar-refractivity contribution in [3.8, 4) is 5.75 Å². The number of nitrogens with zero attached hydrogens (tertiary/aromatic N) is 4. The molecule has 43 heavy (non-hydrogen) atoms. The summed E-state index contributed by atoms with van der Waals surface area (Å²) in [6.45, 7) is 0.395. The first-order valence-electron chi connectivity index (χ1n) is 13.4. The number of rotatable bonds is 6. The van der Waals surface area contributed by atoms with Gasteiger partial charge in [0, 0.05) is 49.8 Å². The van der Waals surface area contributed by atoms with Crippen molar-refractivity contribution in [2.24, 2.45) is 5.92 Å². The van der Waals surface area contributed by atoms with E-state index >= 15 is 0 Å². The van der Waals surface area contributed by atoms with E-state index in [9.17, 15) is 28.3 Å². The second-order valence-electron chi connectivity index (χ2n) is 10.5. The molecule has 3 heterocycles. The molecule has 0 radical (unpaired) electrons. The minimum atomic E-state index is -0.947. The van der Waals surface area contributed by atoms with E-state index in [-0.39, 0.29) is 45.2 Å². The first-order chi connectivity index (χ1) is 20.4. The Bertz CT molecular complexity index is 1670. The minimum absolute atomic E-state index is 0.0554. The molecule has 3 aromatic rings. The normalized spacial score (nSPS) is 19.8. The van der Waals surface area contributed by atoms with E-state index in [1.807, 2.05) is 0 Å². The maximum atomic E-state index is 14.1. The Kier molecular flexibility index (Phi) is 8.38. The number of carbonyl (C=O) groups is 2. The Labute approximate surface area is 253 Å². The smallest absolute Gasteiger partial charge is 0.278 e. The van der Waals surface area contributed by atoms with Gasteiger partial charge in [-0.15, -0.1) is 11.3 Å². The Morgan fingerprint density at radius 3 is 2.60 bits per heavy atom. The summed E-state index contributed by atoms with van der Waals surface area (Å²) in [6, 6.07) is 2.98. The van der Waals surface area contributed by atoms with Crippen LogP contribution in [0.15, 0.2) is 40.9 Å². The van der Waals surface area contributed by atoms with Crippen LogP contribution in [-0.2, 0) is 17.8 Å². The maximum Gasteiger partial charge on any atom is 0.278 e. The molecule has 1 saturated carbocycles. The molecule has 226 valence electrons. The molecule has 1 aromatic carbocycles. The number of amides is 2. The third kappa shape index (κ3) is 5.66.